The van der Waals surface area contributed by atoms with Crippen molar-refractivity contribution in [2.24, 2.45) is 0 Å². The van der Waals surface area contributed by atoms with E-state index in [0.717, 1.165) is 16.6 Å². The molecule has 0 bridgehead atoms. The lowest BCUT2D eigenvalue weighted by molar-refractivity contribution is 0.0572. The highest BCUT2D eigenvalue weighted by Gasteiger charge is 2.33. The van der Waals surface area contributed by atoms with Gasteiger partial charge in [-0.2, -0.15) is 0 Å². The van der Waals surface area contributed by atoms with Crippen molar-refractivity contribution < 1.29 is 15.0 Å². The smallest absolute Gasteiger partial charge is 0.254 e. The van der Waals surface area contributed by atoms with Crippen LogP contribution in [0, 0.1) is 6.92 Å². The van der Waals surface area contributed by atoms with Gasteiger partial charge < -0.3 is 15.1 Å². The van der Waals surface area contributed by atoms with Crippen molar-refractivity contribution in [3.63, 3.8) is 0 Å². The van der Waals surface area contributed by atoms with Crippen molar-refractivity contribution in [2.45, 2.75) is 19.1 Å². The molecule has 2 N–H and O–H groups in total. The summed E-state index contributed by atoms with van der Waals surface area (Å²) in [4.78, 5) is 18.5. The topological polar surface area (TPSA) is 73.7 Å². The van der Waals surface area contributed by atoms with Crippen LogP contribution in [-0.2, 0) is 0 Å². The molecule has 1 aromatic heterocycles. The quantitative estimate of drug-likeness (QED) is 0.802. The third-order valence-corrected chi connectivity index (χ3v) is 3.62. The first kappa shape index (κ1) is 13.0. The fourth-order valence-corrected chi connectivity index (χ4v) is 2.59. The first-order valence-corrected chi connectivity index (χ1v) is 6.58. The molecule has 0 saturated carbocycles. The molecule has 0 spiro atoms. The maximum atomic E-state index is 12.6. The molecule has 1 aliphatic heterocycles. The number of aliphatic hydroxyl groups is 2. The van der Waals surface area contributed by atoms with Gasteiger partial charge in [0, 0.05) is 24.2 Å². The van der Waals surface area contributed by atoms with Gasteiger partial charge in [-0.25, -0.2) is 0 Å². The van der Waals surface area contributed by atoms with Gasteiger partial charge in [-0.05, 0) is 19.1 Å². The molecular formula is C15H16N2O3. The molecule has 5 nitrogen and oxygen atoms in total. The Bertz CT molecular complexity index is 661. The van der Waals surface area contributed by atoms with Crippen LogP contribution in [0.15, 0.2) is 30.3 Å². The summed E-state index contributed by atoms with van der Waals surface area (Å²) in [6, 6.07) is 9.22. The van der Waals surface area contributed by atoms with Crippen LogP contribution in [0.4, 0.5) is 0 Å². The van der Waals surface area contributed by atoms with Crippen LogP contribution in [0.2, 0.25) is 0 Å². The Balaban J connectivity index is 2.04. The van der Waals surface area contributed by atoms with Crippen molar-refractivity contribution in [3.8, 4) is 0 Å². The molecule has 1 saturated heterocycles. The zero-order valence-electron chi connectivity index (χ0n) is 11.2. The Morgan fingerprint density at radius 3 is 2.60 bits per heavy atom. The standard InChI is InChI=1S/C15H16N2O3/c1-9-6-11(10-4-2-3-5-12(10)16-9)15(20)17-7-13(18)14(19)8-17/h2-6,13-14,18-19H,7-8H2,1H3/t13-,14+. The molecule has 2 aromatic rings. The van der Waals surface area contributed by atoms with Crippen LogP contribution in [0.3, 0.4) is 0 Å². The highest BCUT2D eigenvalue weighted by atomic mass is 16.3. The number of benzene rings is 1. The van der Waals surface area contributed by atoms with Crippen molar-refractivity contribution in [2.75, 3.05) is 13.1 Å². The number of carbonyl (C=O) groups excluding carboxylic acids is 1. The summed E-state index contributed by atoms with van der Waals surface area (Å²) < 4.78 is 0. The monoisotopic (exact) mass is 272 g/mol. The van der Waals surface area contributed by atoms with E-state index in [2.05, 4.69) is 4.98 Å². The first-order chi connectivity index (χ1) is 9.56. The third-order valence-electron chi connectivity index (χ3n) is 3.62. The lowest BCUT2D eigenvalue weighted by Crippen LogP contribution is -2.30. The Morgan fingerprint density at radius 1 is 1.25 bits per heavy atom. The highest BCUT2D eigenvalue weighted by Crippen LogP contribution is 2.22. The number of β-amino-alcohol motifs (C(OH)–C–C–N with tert-alkyl or cyclic N) is 2. The van der Waals surface area contributed by atoms with Crippen molar-refractivity contribution >= 4 is 16.8 Å². The molecule has 0 aliphatic carbocycles. The molecular weight excluding hydrogens is 256 g/mol. The van der Waals surface area contributed by atoms with Gasteiger partial charge in [0.25, 0.3) is 5.91 Å². The van der Waals surface area contributed by atoms with Crippen molar-refractivity contribution in [1.29, 1.82) is 0 Å². The molecule has 0 unspecified atom stereocenters. The van der Waals surface area contributed by atoms with E-state index in [-0.39, 0.29) is 19.0 Å². The number of hydrogen-bond donors (Lipinski definition) is 2. The normalized spacial score (nSPS) is 22.4. The highest BCUT2D eigenvalue weighted by molar-refractivity contribution is 6.06. The van der Waals surface area contributed by atoms with Crippen LogP contribution in [0.25, 0.3) is 10.9 Å². The number of para-hydroxylation sites is 1. The van der Waals surface area contributed by atoms with Gasteiger partial charge in [0.1, 0.15) is 0 Å². The Labute approximate surface area is 116 Å². The summed E-state index contributed by atoms with van der Waals surface area (Å²) in [5, 5.41) is 19.9. The van der Waals surface area contributed by atoms with E-state index in [4.69, 9.17) is 0 Å². The minimum atomic E-state index is -0.867. The van der Waals surface area contributed by atoms with E-state index in [0.29, 0.717) is 5.56 Å². The van der Waals surface area contributed by atoms with Gasteiger partial charge >= 0.3 is 0 Å². The molecule has 5 heteroatoms. The van der Waals surface area contributed by atoms with Crippen LogP contribution in [0.5, 0.6) is 0 Å². The van der Waals surface area contributed by atoms with E-state index in [1.54, 1.807) is 6.07 Å². The predicted octanol–water partition coefficient (Wildman–Crippen LogP) is 0.721. The second kappa shape index (κ2) is 4.85. The molecule has 1 amide bonds. The molecule has 2 heterocycles. The van der Waals surface area contributed by atoms with E-state index < -0.39 is 12.2 Å². The third kappa shape index (κ3) is 2.15. The van der Waals surface area contributed by atoms with Crippen molar-refractivity contribution in [1.82, 2.24) is 9.88 Å². The summed E-state index contributed by atoms with van der Waals surface area (Å²) in [7, 11) is 0. The molecule has 1 fully saturated rings. The predicted molar refractivity (Wildman–Crippen MR) is 74.4 cm³/mol. The average Bonchev–Trinajstić information content (AvgIpc) is 2.77. The van der Waals surface area contributed by atoms with E-state index in [9.17, 15) is 15.0 Å². The van der Waals surface area contributed by atoms with Gasteiger partial charge in [0.15, 0.2) is 0 Å². The number of aryl methyl sites for hydroxylation is 1. The Hall–Kier alpha value is -1.98. The first-order valence-electron chi connectivity index (χ1n) is 6.58. The van der Waals surface area contributed by atoms with Crippen LogP contribution < -0.4 is 0 Å². The maximum Gasteiger partial charge on any atom is 0.254 e. The Kier molecular flexibility index (Phi) is 3.16. The molecule has 0 radical (unpaired) electrons. The average molecular weight is 272 g/mol. The summed E-state index contributed by atoms with van der Waals surface area (Å²) in [6.45, 7) is 2.17. The molecule has 2 atom stereocenters. The van der Waals surface area contributed by atoms with Crippen LogP contribution in [0.1, 0.15) is 16.1 Å². The van der Waals surface area contributed by atoms with Crippen molar-refractivity contribution in [3.05, 3.63) is 41.6 Å². The number of amides is 1. The second-order valence-corrected chi connectivity index (χ2v) is 5.17. The van der Waals surface area contributed by atoms with Gasteiger partial charge in [-0.1, -0.05) is 18.2 Å². The number of rotatable bonds is 1. The second-order valence-electron chi connectivity index (χ2n) is 5.17. The number of aromatic nitrogens is 1. The van der Waals surface area contributed by atoms with Gasteiger partial charge in [-0.15, -0.1) is 0 Å². The van der Waals surface area contributed by atoms with Crippen LogP contribution >= 0.6 is 0 Å². The van der Waals surface area contributed by atoms with E-state index in [1.807, 2.05) is 31.2 Å². The van der Waals surface area contributed by atoms with Gasteiger partial charge in [-0.3, -0.25) is 9.78 Å². The lowest BCUT2D eigenvalue weighted by atomic mass is 10.1. The number of fused-ring (bicyclic) bond motifs is 1. The molecule has 104 valence electrons. The summed E-state index contributed by atoms with van der Waals surface area (Å²) in [5.41, 5.74) is 2.11. The number of likely N-dealkylation sites (tertiary alicyclic amines) is 1. The molecule has 20 heavy (non-hydrogen) atoms. The fraction of sp³-hybridized carbons (Fsp3) is 0.333. The number of carbonyl (C=O) groups is 1. The molecule has 1 aromatic carbocycles. The van der Waals surface area contributed by atoms with E-state index >= 15 is 0 Å². The number of pyridine rings is 1. The minimum Gasteiger partial charge on any atom is -0.388 e. The van der Waals surface area contributed by atoms with E-state index in [1.165, 1.54) is 4.90 Å². The largest absolute Gasteiger partial charge is 0.388 e. The SMILES string of the molecule is Cc1cc(C(=O)N2C[C@@H](O)[C@@H](O)C2)c2ccccc2n1. The van der Waals surface area contributed by atoms with Gasteiger partial charge in [0.05, 0.1) is 23.3 Å². The Morgan fingerprint density at radius 2 is 1.90 bits per heavy atom. The minimum absolute atomic E-state index is 0.162. The number of hydrogen-bond acceptors (Lipinski definition) is 4. The maximum absolute atomic E-state index is 12.6. The number of nitrogens with zero attached hydrogens (tertiary/aromatic N) is 2. The lowest BCUT2D eigenvalue weighted by Gasteiger charge is -2.17. The van der Waals surface area contributed by atoms with Gasteiger partial charge in [0.2, 0.25) is 0 Å². The summed E-state index contributed by atoms with van der Waals surface area (Å²) >= 11 is 0. The summed E-state index contributed by atoms with van der Waals surface area (Å²) in [6.07, 6.45) is -1.73. The zero-order chi connectivity index (χ0) is 14.3. The fourth-order valence-electron chi connectivity index (χ4n) is 2.59. The van der Waals surface area contributed by atoms with Crippen LogP contribution in [-0.4, -0.2) is 51.3 Å². The zero-order valence-corrected chi connectivity index (χ0v) is 11.2. The summed E-state index contributed by atoms with van der Waals surface area (Å²) in [5.74, 6) is -0.178. The number of aliphatic hydroxyl groups excluding tert-OH is 2. The molecule has 3 rings (SSSR count). The molecule has 1 aliphatic rings.